The molecule has 61 heavy (non-hydrogen) atoms. The van der Waals surface area contributed by atoms with Crippen LogP contribution in [-0.4, -0.2) is 154 Å². The van der Waals surface area contributed by atoms with E-state index in [1.165, 1.54) is 31.4 Å². The highest BCUT2D eigenvalue weighted by molar-refractivity contribution is 5.90. The molecule has 13 atom stereocenters. The minimum absolute atomic E-state index is 0.0763. The number of esters is 7. The number of aliphatic hydroxyl groups is 1. The number of aliphatic hydroxyl groups excluding tert-OH is 1. The van der Waals surface area contributed by atoms with E-state index < -0.39 is 135 Å². The molecule has 0 unspecified atom stereocenters. The highest BCUT2D eigenvalue weighted by Crippen LogP contribution is 2.35. The molecule has 5 rings (SSSR count). The Morgan fingerprint density at radius 3 is 1.54 bits per heavy atom. The molecular weight excluding hydrogens is 816 g/mol. The van der Waals surface area contributed by atoms with Gasteiger partial charge in [0, 0.05) is 34.8 Å². The van der Waals surface area contributed by atoms with Gasteiger partial charge in [0.1, 0.15) is 12.2 Å². The molecule has 332 valence electrons. The van der Waals surface area contributed by atoms with Crippen molar-refractivity contribution in [1.82, 2.24) is 0 Å². The molecular formula is C40H46O21. The molecule has 1 N–H and O–H groups in total. The number of methoxy groups -OCH3 is 2. The maximum absolute atomic E-state index is 13.6. The van der Waals surface area contributed by atoms with Gasteiger partial charge in [-0.3, -0.25) is 19.2 Å². The van der Waals surface area contributed by atoms with Crippen LogP contribution in [0.3, 0.4) is 0 Å². The first-order chi connectivity index (χ1) is 29.1. The van der Waals surface area contributed by atoms with Crippen LogP contribution in [0.4, 0.5) is 0 Å². The largest absolute Gasteiger partial charge is 0.467 e. The van der Waals surface area contributed by atoms with E-state index in [9.17, 15) is 38.7 Å². The Morgan fingerprint density at radius 1 is 0.525 bits per heavy atom. The standard InChI is InChI=1S/C40H46O21/c1-19(41)53-25-18-52-39(33(28(25)54-20(2)42)61-40-34(56-22(4)44)30(55-21(3)43)29(49-5)32(60-40)37(47)50-6)57-26-17-51-38(48)31(59-36(46)24-15-11-8-12-16-24)27(26)58-35(45)23-13-9-7-10-14-23/h7-16,25-34,38-40,48H,17-18H2,1-6H3/t25-,26-,27+,28+,29+,30+,31-,32+,33-,34-,38-,39+,40-/m1/s1. The van der Waals surface area contributed by atoms with Crippen molar-refractivity contribution in [2.75, 3.05) is 27.4 Å². The van der Waals surface area contributed by atoms with Gasteiger partial charge in [0.15, 0.2) is 67.7 Å². The average Bonchev–Trinajstić information content (AvgIpc) is 3.22. The summed E-state index contributed by atoms with van der Waals surface area (Å²) in [7, 11) is 2.21. The zero-order chi connectivity index (χ0) is 44.4. The quantitative estimate of drug-likeness (QED) is 0.201. The molecule has 0 saturated carbocycles. The summed E-state index contributed by atoms with van der Waals surface area (Å²) in [5.74, 6) is -6.42. The summed E-state index contributed by atoms with van der Waals surface area (Å²) in [6, 6.07) is 15.4. The molecule has 21 heteroatoms. The third-order valence-corrected chi connectivity index (χ3v) is 9.32. The molecule has 3 heterocycles. The van der Waals surface area contributed by atoms with E-state index in [1.54, 1.807) is 36.4 Å². The number of hydrogen-bond acceptors (Lipinski definition) is 21. The van der Waals surface area contributed by atoms with Crippen LogP contribution < -0.4 is 0 Å². The molecule has 3 aliphatic heterocycles. The first-order valence-electron chi connectivity index (χ1n) is 18.8. The third-order valence-electron chi connectivity index (χ3n) is 9.32. The predicted molar refractivity (Wildman–Crippen MR) is 196 cm³/mol. The summed E-state index contributed by atoms with van der Waals surface area (Å²) in [5.41, 5.74) is 0.158. The maximum atomic E-state index is 13.6. The molecule has 2 aromatic rings. The van der Waals surface area contributed by atoms with Crippen molar-refractivity contribution in [2.24, 2.45) is 0 Å². The fourth-order valence-corrected chi connectivity index (χ4v) is 6.78. The normalized spacial score (nSPS) is 31.0. The fourth-order valence-electron chi connectivity index (χ4n) is 6.78. The summed E-state index contributed by atoms with van der Waals surface area (Å²) in [6.45, 7) is 3.14. The summed E-state index contributed by atoms with van der Waals surface area (Å²) in [4.78, 5) is 89.8. The lowest BCUT2D eigenvalue weighted by atomic mass is 9.97. The lowest BCUT2D eigenvalue weighted by Crippen LogP contribution is -2.66. The van der Waals surface area contributed by atoms with E-state index in [4.69, 9.17) is 61.6 Å². The second-order valence-corrected chi connectivity index (χ2v) is 13.7. The fraction of sp³-hybridized carbons (Fsp3) is 0.525. The molecule has 3 saturated heterocycles. The second-order valence-electron chi connectivity index (χ2n) is 13.7. The Balaban J connectivity index is 1.57. The van der Waals surface area contributed by atoms with Gasteiger partial charge < -0.3 is 66.7 Å². The third kappa shape index (κ3) is 11.8. The Morgan fingerprint density at radius 2 is 1.02 bits per heavy atom. The van der Waals surface area contributed by atoms with Crippen molar-refractivity contribution in [3.8, 4) is 0 Å². The predicted octanol–water partition coefficient (Wildman–Crippen LogP) is 0.553. The van der Waals surface area contributed by atoms with Gasteiger partial charge in [-0.2, -0.15) is 0 Å². The molecule has 2 aromatic carbocycles. The first-order valence-corrected chi connectivity index (χ1v) is 18.8. The smallest absolute Gasteiger partial charge is 0.338 e. The van der Waals surface area contributed by atoms with E-state index >= 15 is 0 Å². The molecule has 3 fully saturated rings. The van der Waals surface area contributed by atoms with Crippen LogP contribution in [0, 0.1) is 0 Å². The average molecular weight is 863 g/mol. The minimum Gasteiger partial charge on any atom is -0.467 e. The summed E-state index contributed by atoms with van der Waals surface area (Å²) in [5, 5.41) is 11.0. The van der Waals surface area contributed by atoms with Crippen molar-refractivity contribution in [3.05, 3.63) is 71.8 Å². The van der Waals surface area contributed by atoms with E-state index in [1.807, 2.05) is 0 Å². The van der Waals surface area contributed by atoms with Crippen LogP contribution >= 0.6 is 0 Å². The van der Waals surface area contributed by atoms with E-state index in [-0.39, 0.29) is 11.1 Å². The van der Waals surface area contributed by atoms with Gasteiger partial charge in [0.25, 0.3) is 0 Å². The van der Waals surface area contributed by atoms with Gasteiger partial charge in [0.2, 0.25) is 0 Å². The van der Waals surface area contributed by atoms with Crippen molar-refractivity contribution in [3.63, 3.8) is 0 Å². The SMILES string of the molecule is COC(=O)[C@H]1O[C@H](O[C@H]2[C@H](O[C@@H]3CO[C@@H](O)[C@H](OC(=O)c4ccccc4)[C@H]3OC(=O)c3ccccc3)OC[C@@H](OC(C)=O)[C@@H]2OC(C)=O)[C@H](OC(C)=O)[C@@H](OC(C)=O)[C@@H]1OC. The topological polar surface area (TPSA) is 260 Å². The Labute approximate surface area is 348 Å². The summed E-state index contributed by atoms with van der Waals surface area (Å²) < 4.78 is 74.2. The Bertz CT molecular complexity index is 1860. The summed E-state index contributed by atoms with van der Waals surface area (Å²) >= 11 is 0. The number of benzene rings is 2. The van der Waals surface area contributed by atoms with Gasteiger partial charge >= 0.3 is 41.8 Å². The molecule has 3 aliphatic rings. The van der Waals surface area contributed by atoms with Crippen molar-refractivity contribution >= 4 is 41.8 Å². The van der Waals surface area contributed by atoms with Gasteiger partial charge in [-0.05, 0) is 24.3 Å². The number of hydrogen-bond donors (Lipinski definition) is 1. The zero-order valence-electron chi connectivity index (χ0n) is 33.8. The van der Waals surface area contributed by atoms with Crippen LogP contribution in [0.25, 0.3) is 0 Å². The minimum atomic E-state index is -1.92. The molecule has 0 radical (unpaired) electrons. The molecule has 0 aliphatic carbocycles. The molecule has 0 spiro atoms. The number of rotatable bonds is 14. The van der Waals surface area contributed by atoms with Gasteiger partial charge in [0.05, 0.1) is 31.5 Å². The van der Waals surface area contributed by atoms with Crippen LogP contribution in [0.5, 0.6) is 0 Å². The van der Waals surface area contributed by atoms with Crippen LogP contribution in [0.2, 0.25) is 0 Å². The monoisotopic (exact) mass is 862 g/mol. The van der Waals surface area contributed by atoms with Crippen LogP contribution in [0.15, 0.2) is 60.7 Å². The Kier molecular flexibility index (Phi) is 16.2. The van der Waals surface area contributed by atoms with Crippen molar-refractivity contribution < 1.29 is 100 Å². The zero-order valence-corrected chi connectivity index (χ0v) is 33.8. The van der Waals surface area contributed by atoms with Crippen molar-refractivity contribution in [2.45, 2.75) is 108 Å². The summed E-state index contributed by atoms with van der Waals surface area (Å²) in [6.07, 6.45) is -21.7. The highest BCUT2D eigenvalue weighted by atomic mass is 16.8. The van der Waals surface area contributed by atoms with Crippen LogP contribution in [-0.2, 0) is 85.6 Å². The van der Waals surface area contributed by atoms with Crippen LogP contribution in [0.1, 0.15) is 48.4 Å². The van der Waals surface area contributed by atoms with Gasteiger partial charge in [-0.1, -0.05) is 36.4 Å². The van der Waals surface area contributed by atoms with E-state index in [0.717, 1.165) is 34.8 Å². The first kappa shape index (κ1) is 46.5. The van der Waals surface area contributed by atoms with Gasteiger partial charge in [-0.25, -0.2) is 14.4 Å². The van der Waals surface area contributed by atoms with Crippen molar-refractivity contribution in [1.29, 1.82) is 0 Å². The highest BCUT2D eigenvalue weighted by Gasteiger charge is 2.58. The number of ether oxygens (including phenoxy) is 13. The number of carbonyl (C=O) groups excluding carboxylic acids is 7. The molecule has 0 aromatic heterocycles. The molecule has 0 bridgehead atoms. The second kappa shape index (κ2) is 21.3. The molecule has 0 amide bonds. The lowest BCUT2D eigenvalue weighted by molar-refractivity contribution is -0.368. The van der Waals surface area contributed by atoms with E-state index in [0.29, 0.717) is 0 Å². The number of carbonyl (C=O) groups is 7. The lowest BCUT2D eigenvalue weighted by Gasteiger charge is -2.48. The Hall–Kier alpha value is -5.55. The van der Waals surface area contributed by atoms with E-state index in [2.05, 4.69) is 0 Å². The molecule has 21 nitrogen and oxygen atoms in total. The maximum Gasteiger partial charge on any atom is 0.338 e. The van der Waals surface area contributed by atoms with Gasteiger partial charge in [-0.15, -0.1) is 0 Å².